The molecule has 0 nitrogen and oxygen atoms in total. The summed E-state index contributed by atoms with van der Waals surface area (Å²) < 4.78 is 0. The summed E-state index contributed by atoms with van der Waals surface area (Å²) >= 11 is 5.51. The quantitative estimate of drug-likeness (QED) is 0.575. The van der Waals surface area contributed by atoms with Crippen LogP contribution in [0, 0.1) is 0 Å². The summed E-state index contributed by atoms with van der Waals surface area (Å²) in [5.41, 5.74) is 0. The van der Waals surface area contributed by atoms with Crippen LogP contribution >= 0.6 is 6.04 Å². The van der Waals surface area contributed by atoms with Crippen molar-refractivity contribution in [3.05, 3.63) is 0 Å². The van der Waals surface area contributed by atoms with Gasteiger partial charge in [-0.2, -0.15) is 0 Å². The maximum absolute atomic E-state index is 5.51. The number of rotatable bonds is 3. The van der Waals surface area contributed by atoms with Crippen LogP contribution in [0.25, 0.3) is 0 Å². The van der Waals surface area contributed by atoms with E-state index in [1.807, 2.05) is 0 Å². The van der Waals surface area contributed by atoms with E-state index in [4.69, 9.17) is 11.8 Å². The van der Waals surface area contributed by atoms with Gasteiger partial charge in [-0.15, -0.1) is 0 Å². The first-order valence-electron chi connectivity index (χ1n) is 3.84. The van der Waals surface area contributed by atoms with Crippen molar-refractivity contribution in [3.63, 3.8) is 0 Å². The molecule has 0 aliphatic carbocycles. The van der Waals surface area contributed by atoms with E-state index in [2.05, 4.69) is 6.92 Å². The Kier molecular flexibility index (Phi) is 2.73. The molecule has 9 heavy (non-hydrogen) atoms. The Bertz CT molecular complexity index is 123. The van der Waals surface area contributed by atoms with Crippen LogP contribution in [0.1, 0.15) is 26.2 Å². The molecule has 0 radical (unpaired) electrons. The number of hydrogen-bond donors (Lipinski definition) is 0. The predicted octanol–water partition coefficient (Wildman–Crippen LogP) is 2.67. The van der Waals surface area contributed by atoms with Crippen molar-refractivity contribution in [2.75, 3.05) is 18.5 Å². The first-order valence-corrected chi connectivity index (χ1v) is 7.20. The van der Waals surface area contributed by atoms with Crippen molar-refractivity contribution in [1.29, 1.82) is 0 Å². The highest BCUT2D eigenvalue weighted by Gasteiger charge is 2.23. The molecule has 2 heteroatoms. The molecule has 1 aliphatic rings. The van der Waals surface area contributed by atoms with Crippen LogP contribution < -0.4 is 0 Å². The second-order valence-electron chi connectivity index (χ2n) is 2.94. The fourth-order valence-electron chi connectivity index (χ4n) is 1.18. The molecular formula is C7H15PS. The molecule has 0 aromatic heterocycles. The Hall–Kier alpha value is 0.650. The van der Waals surface area contributed by atoms with Crippen LogP contribution in [0.2, 0.25) is 0 Å². The van der Waals surface area contributed by atoms with E-state index < -0.39 is 6.04 Å². The first-order chi connectivity index (χ1) is 4.27. The van der Waals surface area contributed by atoms with Crippen LogP contribution in [0.3, 0.4) is 0 Å². The zero-order chi connectivity index (χ0) is 6.74. The van der Waals surface area contributed by atoms with Crippen molar-refractivity contribution in [2.45, 2.75) is 26.2 Å². The second-order valence-corrected chi connectivity index (χ2v) is 8.72. The fourth-order valence-corrected chi connectivity index (χ4v) is 4.70. The zero-order valence-corrected chi connectivity index (χ0v) is 7.81. The molecule has 0 N–H and O–H groups in total. The first kappa shape index (κ1) is 7.75. The third kappa shape index (κ3) is 2.05. The molecule has 0 bridgehead atoms. The number of hydrogen-bond acceptors (Lipinski definition) is 1. The minimum absolute atomic E-state index is 0.676. The molecule has 1 saturated heterocycles. The normalized spacial score (nSPS) is 23.2. The fraction of sp³-hybridized carbons (Fsp3) is 1.00. The summed E-state index contributed by atoms with van der Waals surface area (Å²) in [6, 6.07) is -0.676. The molecule has 1 aliphatic heterocycles. The third-order valence-electron chi connectivity index (χ3n) is 2.05. The SMILES string of the molecule is CCCCP1(=S)CCC1. The molecule has 0 aromatic rings. The maximum Gasteiger partial charge on any atom is -0.0231 e. The van der Waals surface area contributed by atoms with Gasteiger partial charge in [0, 0.05) is 0 Å². The van der Waals surface area contributed by atoms with Gasteiger partial charge in [0.1, 0.15) is 0 Å². The standard InChI is InChI=1S/C7H15PS/c1-2-3-5-8(9)6-4-7-8/h2-7H2,1H3. The van der Waals surface area contributed by atoms with Gasteiger partial charge in [-0.3, -0.25) is 0 Å². The molecule has 0 amide bonds. The van der Waals surface area contributed by atoms with Crippen molar-refractivity contribution >= 4 is 17.8 Å². The van der Waals surface area contributed by atoms with Crippen molar-refractivity contribution in [2.24, 2.45) is 0 Å². The summed E-state index contributed by atoms with van der Waals surface area (Å²) in [5, 5.41) is 0. The predicted molar refractivity (Wildman–Crippen MR) is 48.4 cm³/mol. The minimum atomic E-state index is -0.676. The smallest absolute Gasteiger partial charge is 0.0231 e. The third-order valence-corrected chi connectivity index (χ3v) is 7.09. The van der Waals surface area contributed by atoms with Crippen LogP contribution in [-0.4, -0.2) is 18.5 Å². The van der Waals surface area contributed by atoms with Crippen LogP contribution in [0.15, 0.2) is 0 Å². The second kappa shape index (κ2) is 3.16. The summed E-state index contributed by atoms with van der Waals surface area (Å²) in [6.07, 6.45) is 8.39. The van der Waals surface area contributed by atoms with Gasteiger partial charge < -0.3 is 0 Å². The molecule has 0 spiro atoms. The van der Waals surface area contributed by atoms with Crippen molar-refractivity contribution < 1.29 is 0 Å². The number of unbranched alkanes of at least 4 members (excludes halogenated alkanes) is 1. The lowest BCUT2D eigenvalue weighted by Crippen LogP contribution is -2.11. The van der Waals surface area contributed by atoms with Crippen LogP contribution in [0.5, 0.6) is 0 Å². The van der Waals surface area contributed by atoms with Gasteiger partial charge in [0.05, 0.1) is 0 Å². The lowest BCUT2D eigenvalue weighted by Gasteiger charge is -2.30. The molecule has 0 aromatic carbocycles. The van der Waals surface area contributed by atoms with Crippen molar-refractivity contribution in [3.8, 4) is 0 Å². The Morgan fingerprint density at radius 1 is 1.44 bits per heavy atom. The van der Waals surface area contributed by atoms with Gasteiger partial charge >= 0.3 is 0 Å². The molecule has 1 heterocycles. The molecule has 0 atom stereocenters. The molecular weight excluding hydrogens is 147 g/mol. The lowest BCUT2D eigenvalue weighted by molar-refractivity contribution is 0.872. The topological polar surface area (TPSA) is 0 Å². The Balaban J connectivity index is 2.18. The monoisotopic (exact) mass is 162 g/mol. The highest BCUT2D eigenvalue weighted by Crippen LogP contribution is 2.55. The highest BCUT2D eigenvalue weighted by molar-refractivity contribution is 8.15. The Labute approximate surface area is 63.0 Å². The average molecular weight is 162 g/mol. The zero-order valence-electron chi connectivity index (χ0n) is 6.10. The molecule has 54 valence electrons. The lowest BCUT2D eigenvalue weighted by atomic mass is 10.4. The van der Waals surface area contributed by atoms with Gasteiger partial charge in [-0.25, -0.2) is 0 Å². The maximum atomic E-state index is 5.51. The van der Waals surface area contributed by atoms with Crippen LogP contribution in [-0.2, 0) is 11.8 Å². The van der Waals surface area contributed by atoms with E-state index in [9.17, 15) is 0 Å². The molecule has 1 rings (SSSR count). The molecule has 0 saturated carbocycles. The van der Waals surface area contributed by atoms with E-state index in [1.54, 1.807) is 0 Å². The molecule has 0 unspecified atom stereocenters. The summed E-state index contributed by atoms with van der Waals surface area (Å²) in [7, 11) is 0. The van der Waals surface area contributed by atoms with E-state index in [1.165, 1.54) is 37.7 Å². The van der Waals surface area contributed by atoms with Gasteiger partial charge in [-0.1, -0.05) is 25.2 Å². The van der Waals surface area contributed by atoms with E-state index in [0.717, 1.165) is 0 Å². The minimum Gasteiger partial charge on any atom is -0.0975 e. The largest absolute Gasteiger partial charge is 0.0975 e. The Morgan fingerprint density at radius 3 is 2.44 bits per heavy atom. The summed E-state index contributed by atoms with van der Waals surface area (Å²) in [6.45, 7) is 2.25. The van der Waals surface area contributed by atoms with Crippen LogP contribution in [0.4, 0.5) is 0 Å². The van der Waals surface area contributed by atoms with Gasteiger partial charge in [-0.05, 0) is 37.4 Å². The van der Waals surface area contributed by atoms with Gasteiger partial charge in [0.25, 0.3) is 0 Å². The van der Waals surface area contributed by atoms with Crippen molar-refractivity contribution in [1.82, 2.24) is 0 Å². The Morgan fingerprint density at radius 2 is 2.11 bits per heavy atom. The summed E-state index contributed by atoms with van der Waals surface area (Å²) in [5.74, 6) is 0. The summed E-state index contributed by atoms with van der Waals surface area (Å²) in [4.78, 5) is 0. The van der Waals surface area contributed by atoms with E-state index in [0.29, 0.717) is 0 Å². The highest BCUT2D eigenvalue weighted by atomic mass is 32.4. The van der Waals surface area contributed by atoms with Gasteiger partial charge in [0.2, 0.25) is 0 Å². The van der Waals surface area contributed by atoms with E-state index in [-0.39, 0.29) is 0 Å². The van der Waals surface area contributed by atoms with Gasteiger partial charge in [0.15, 0.2) is 0 Å². The van der Waals surface area contributed by atoms with E-state index >= 15 is 0 Å². The average Bonchev–Trinajstić information content (AvgIpc) is 1.79. The molecule has 1 fully saturated rings.